The van der Waals surface area contributed by atoms with Crippen molar-refractivity contribution in [2.45, 2.75) is 13.1 Å². The van der Waals surface area contributed by atoms with E-state index in [0.29, 0.717) is 0 Å². The number of anilines is 1. The van der Waals surface area contributed by atoms with Gasteiger partial charge in [0.2, 0.25) is 0 Å². The summed E-state index contributed by atoms with van der Waals surface area (Å²) in [5.41, 5.74) is 3.53. The van der Waals surface area contributed by atoms with Crippen molar-refractivity contribution in [2.75, 3.05) is 19.0 Å². The number of hydrogen-bond donors (Lipinski definition) is 1. The molecule has 0 saturated carbocycles. The highest BCUT2D eigenvalue weighted by molar-refractivity contribution is 5.45. The molecule has 0 atom stereocenters. The minimum atomic E-state index is -0.192. The molecule has 0 radical (unpaired) electrons. The molecule has 2 aromatic rings. The zero-order valence-electron chi connectivity index (χ0n) is 11.4. The van der Waals surface area contributed by atoms with E-state index in [1.54, 1.807) is 12.1 Å². The molecular formula is C16H19FN2. The predicted octanol–water partition coefficient (Wildman–Crippen LogP) is 3.18. The highest BCUT2D eigenvalue weighted by Crippen LogP contribution is 2.12. The van der Waals surface area contributed by atoms with Gasteiger partial charge in [0.05, 0.1) is 0 Å². The Morgan fingerprint density at radius 3 is 1.79 bits per heavy atom. The quantitative estimate of drug-likeness (QED) is 0.886. The van der Waals surface area contributed by atoms with Crippen LogP contribution in [0.2, 0.25) is 0 Å². The fraction of sp³-hybridized carbons (Fsp3) is 0.250. The molecule has 0 aliphatic carbocycles. The van der Waals surface area contributed by atoms with Gasteiger partial charge in [-0.2, -0.15) is 0 Å². The molecule has 3 heteroatoms. The lowest BCUT2D eigenvalue weighted by Gasteiger charge is -2.13. The van der Waals surface area contributed by atoms with Crippen molar-refractivity contribution in [1.82, 2.24) is 5.32 Å². The Kier molecular flexibility index (Phi) is 4.53. The van der Waals surface area contributed by atoms with Crippen LogP contribution >= 0.6 is 0 Å². The van der Waals surface area contributed by atoms with E-state index >= 15 is 0 Å². The zero-order valence-corrected chi connectivity index (χ0v) is 11.4. The first-order chi connectivity index (χ1) is 9.15. The summed E-state index contributed by atoms with van der Waals surface area (Å²) in [4.78, 5) is 2.08. The maximum absolute atomic E-state index is 12.8. The average molecular weight is 258 g/mol. The second-order valence-corrected chi connectivity index (χ2v) is 4.79. The molecule has 0 fully saturated rings. The van der Waals surface area contributed by atoms with Gasteiger partial charge in [0.1, 0.15) is 5.82 Å². The number of nitrogens with zero attached hydrogens (tertiary/aromatic N) is 1. The first kappa shape index (κ1) is 13.6. The summed E-state index contributed by atoms with van der Waals surface area (Å²) in [7, 11) is 4.06. The van der Waals surface area contributed by atoms with Crippen molar-refractivity contribution in [3.8, 4) is 0 Å². The minimum Gasteiger partial charge on any atom is -0.378 e. The van der Waals surface area contributed by atoms with E-state index in [9.17, 15) is 4.39 Å². The third-order valence-corrected chi connectivity index (χ3v) is 3.02. The molecule has 19 heavy (non-hydrogen) atoms. The van der Waals surface area contributed by atoms with Crippen molar-refractivity contribution in [1.29, 1.82) is 0 Å². The lowest BCUT2D eigenvalue weighted by atomic mass is 10.2. The molecule has 2 aromatic carbocycles. The molecule has 100 valence electrons. The Bertz CT molecular complexity index is 503. The molecule has 2 rings (SSSR count). The van der Waals surface area contributed by atoms with Gasteiger partial charge in [-0.05, 0) is 35.4 Å². The van der Waals surface area contributed by atoms with E-state index in [1.165, 1.54) is 23.4 Å². The molecule has 0 aromatic heterocycles. The Labute approximate surface area is 113 Å². The van der Waals surface area contributed by atoms with Crippen LogP contribution in [0.15, 0.2) is 48.5 Å². The van der Waals surface area contributed by atoms with Crippen LogP contribution in [0.25, 0.3) is 0 Å². The first-order valence-electron chi connectivity index (χ1n) is 6.36. The van der Waals surface area contributed by atoms with Crippen LogP contribution in [-0.2, 0) is 13.1 Å². The van der Waals surface area contributed by atoms with Gasteiger partial charge in [0.15, 0.2) is 0 Å². The Hall–Kier alpha value is -1.87. The SMILES string of the molecule is CN(C)c1ccc(CNCc2ccc(F)cc2)cc1. The summed E-state index contributed by atoms with van der Waals surface area (Å²) in [6.07, 6.45) is 0. The number of nitrogens with one attached hydrogen (secondary N) is 1. The molecule has 0 saturated heterocycles. The summed E-state index contributed by atoms with van der Waals surface area (Å²) in [5, 5.41) is 3.35. The molecule has 0 spiro atoms. The molecule has 1 N–H and O–H groups in total. The number of halogens is 1. The topological polar surface area (TPSA) is 15.3 Å². The molecule has 2 nitrogen and oxygen atoms in total. The van der Waals surface area contributed by atoms with E-state index in [2.05, 4.69) is 34.5 Å². The smallest absolute Gasteiger partial charge is 0.123 e. The van der Waals surface area contributed by atoms with E-state index in [0.717, 1.165) is 18.7 Å². The summed E-state index contributed by atoms with van der Waals surface area (Å²) < 4.78 is 12.8. The van der Waals surface area contributed by atoms with Gasteiger partial charge in [0, 0.05) is 32.9 Å². The van der Waals surface area contributed by atoms with Crippen LogP contribution in [-0.4, -0.2) is 14.1 Å². The molecule has 0 amide bonds. The van der Waals surface area contributed by atoms with Gasteiger partial charge in [-0.1, -0.05) is 24.3 Å². The third-order valence-electron chi connectivity index (χ3n) is 3.02. The Balaban J connectivity index is 1.83. The number of benzene rings is 2. The van der Waals surface area contributed by atoms with Crippen molar-refractivity contribution < 1.29 is 4.39 Å². The lowest BCUT2D eigenvalue weighted by molar-refractivity contribution is 0.625. The van der Waals surface area contributed by atoms with E-state index in [1.807, 2.05) is 14.1 Å². The summed E-state index contributed by atoms with van der Waals surface area (Å²) >= 11 is 0. The highest BCUT2D eigenvalue weighted by atomic mass is 19.1. The van der Waals surface area contributed by atoms with Crippen LogP contribution in [0.3, 0.4) is 0 Å². The van der Waals surface area contributed by atoms with Crippen LogP contribution in [0.5, 0.6) is 0 Å². The van der Waals surface area contributed by atoms with Gasteiger partial charge >= 0.3 is 0 Å². The minimum absolute atomic E-state index is 0.192. The number of rotatable bonds is 5. The third kappa shape index (κ3) is 4.07. The van der Waals surface area contributed by atoms with Gasteiger partial charge in [-0.3, -0.25) is 0 Å². The van der Waals surface area contributed by atoms with E-state index in [4.69, 9.17) is 0 Å². The average Bonchev–Trinajstić information content (AvgIpc) is 2.41. The van der Waals surface area contributed by atoms with Crippen LogP contribution in [0.1, 0.15) is 11.1 Å². The molecule has 0 aliphatic rings. The highest BCUT2D eigenvalue weighted by Gasteiger charge is 1.97. The van der Waals surface area contributed by atoms with Crippen LogP contribution in [0, 0.1) is 5.82 Å². The van der Waals surface area contributed by atoms with Crippen LogP contribution in [0.4, 0.5) is 10.1 Å². The maximum atomic E-state index is 12.8. The number of hydrogen-bond acceptors (Lipinski definition) is 2. The molecule has 0 unspecified atom stereocenters. The second kappa shape index (κ2) is 6.34. The Morgan fingerprint density at radius 1 is 0.842 bits per heavy atom. The maximum Gasteiger partial charge on any atom is 0.123 e. The van der Waals surface area contributed by atoms with Gasteiger partial charge in [0.25, 0.3) is 0 Å². The monoisotopic (exact) mass is 258 g/mol. The van der Waals surface area contributed by atoms with E-state index < -0.39 is 0 Å². The van der Waals surface area contributed by atoms with E-state index in [-0.39, 0.29) is 5.82 Å². The van der Waals surface area contributed by atoms with Gasteiger partial charge < -0.3 is 10.2 Å². The molecule has 0 bridgehead atoms. The first-order valence-corrected chi connectivity index (χ1v) is 6.36. The molecule has 0 aliphatic heterocycles. The predicted molar refractivity (Wildman–Crippen MR) is 77.7 cm³/mol. The van der Waals surface area contributed by atoms with Crippen molar-refractivity contribution in [2.24, 2.45) is 0 Å². The Morgan fingerprint density at radius 2 is 1.32 bits per heavy atom. The summed E-state index contributed by atoms with van der Waals surface area (Å²) in [6.45, 7) is 1.56. The normalized spacial score (nSPS) is 10.5. The molecule has 0 heterocycles. The standard InChI is InChI=1S/C16H19FN2/c1-19(2)16-9-5-14(6-10-16)12-18-11-13-3-7-15(17)8-4-13/h3-10,18H,11-12H2,1-2H3. The van der Waals surface area contributed by atoms with Gasteiger partial charge in [-0.25, -0.2) is 4.39 Å². The zero-order chi connectivity index (χ0) is 13.7. The fourth-order valence-electron chi connectivity index (χ4n) is 1.87. The van der Waals surface area contributed by atoms with Gasteiger partial charge in [-0.15, -0.1) is 0 Å². The van der Waals surface area contributed by atoms with Crippen molar-refractivity contribution >= 4 is 5.69 Å². The largest absolute Gasteiger partial charge is 0.378 e. The summed E-state index contributed by atoms with van der Waals surface area (Å²) in [5.74, 6) is -0.192. The van der Waals surface area contributed by atoms with Crippen molar-refractivity contribution in [3.63, 3.8) is 0 Å². The summed E-state index contributed by atoms with van der Waals surface area (Å²) in [6, 6.07) is 15.0. The van der Waals surface area contributed by atoms with Crippen LogP contribution < -0.4 is 10.2 Å². The lowest BCUT2D eigenvalue weighted by Crippen LogP contribution is -2.13. The van der Waals surface area contributed by atoms with Crippen molar-refractivity contribution in [3.05, 3.63) is 65.5 Å². The fourth-order valence-corrected chi connectivity index (χ4v) is 1.87. The molecular weight excluding hydrogens is 239 g/mol. The second-order valence-electron chi connectivity index (χ2n) is 4.79.